The highest BCUT2D eigenvalue weighted by Crippen LogP contribution is 2.11. The van der Waals surface area contributed by atoms with Crippen molar-refractivity contribution in [3.8, 4) is 0 Å². The zero-order chi connectivity index (χ0) is 10.4. The van der Waals surface area contributed by atoms with E-state index in [0.717, 1.165) is 19.4 Å². The molecule has 0 radical (unpaired) electrons. The summed E-state index contributed by atoms with van der Waals surface area (Å²) in [6, 6.07) is 0. The second-order valence-electron chi connectivity index (χ2n) is 3.69. The van der Waals surface area contributed by atoms with Crippen LogP contribution in [0.5, 0.6) is 0 Å². The van der Waals surface area contributed by atoms with E-state index in [1.165, 1.54) is 0 Å². The third kappa shape index (κ3) is 4.58. The van der Waals surface area contributed by atoms with Gasteiger partial charge in [0.2, 0.25) is 0 Å². The Bertz CT molecular complexity index is 173. The van der Waals surface area contributed by atoms with Crippen LogP contribution in [-0.2, 0) is 19.0 Å². The first-order valence-electron chi connectivity index (χ1n) is 5.07. The van der Waals surface area contributed by atoms with Gasteiger partial charge in [-0.1, -0.05) is 0 Å². The van der Waals surface area contributed by atoms with Gasteiger partial charge in [0.05, 0.1) is 18.8 Å². The molecule has 1 unspecified atom stereocenters. The largest absolute Gasteiger partial charge is 0.461 e. The van der Waals surface area contributed by atoms with Gasteiger partial charge >= 0.3 is 5.97 Å². The third-order valence-corrected chi connectivity index (χ3v) is 1.91. The van der Waals surface area contributed by atoms with Gasteiger partial charge in [-0.05, 0) is 26.7 Å². The van der Waals surface area contributed by atoms with Gasteiger partial charge < -0.3 is 14.2 Å². The van der Waals surface area contributed by atoms with Gasteiger partial charge in [0.1, 0.15) is 6.61 Å². The van der Waals surface area contributed by atoms with Gasteiger partial charge in [0.25, 0.3) is 0 Å². The Morgan fingerprint density at radius 1 is 1.57 bits per heavy atom. The second-order valence-corrected chi connectivity index (χ2v) is 3.69. The molecular weight excluding hydrogens is 184 g/mol. The third-order valence-electron chi connectivity index (χ3n) is 1.91. The van der Waals surface area contributed by atoms with Gasteiger partial charge in [-0.15, -0.1) is 0 Å². The minimum atomic E-state index is -0.307. The zero-order valence-corrected chi connectivity index (χ0v) is 8.82. The van der Waals surface area contributed by atoms with Crippen molar-refractivity contribution in [2.24, 2.45) is 0 Å². The predicted molar refractivity (Wildman–Crippen MR) is 51.0 cm³/mol. The van der Waals surface area contributed by atoms with Crippen molar-refractivity contribution in [1.82, 2.24) is 0 Å². The number of hydrogen-bond acceptors (Lipinski definition) is 4. The van der Waals surface area contributed by atoms with Crippen molar-refractivity contribution in [2.75, 3.05) is 19.8 Å². The first-order valence-corrected chi connectivity index (χ1v) is 5.07. The number of carbonyl (C=O) groups is 1. The molecule has 0 aliphatic carbocycles. The second kappa shape index (κ2) is 5.98. The minimum absolute atomic E-state index is 0.0258. The first-order chi connectivity index (χ1) is 6.68. The monoisotopic (exact) mass is 202 g/mol. The Hall–Kier alpha value is -0.610. The van der Waals surface area contributed by atoms with E-state index in [1.54, 1.807) is 0 Å². The molecule has 1 atom stereocenters. The van der Waals surface area contributed by atoms with Crippen LogP contribution in [0, 0.1) is 0 Å². The van der Waals surface area contributed by atoms with E-state index in [1.807, 2.05) is 13.8 Å². The maximum atomic E-state index is 11.0. The average molecular weight is 202 g/mol. The van der Waals surface area contributed by atoms with E-state index in [2.05, 4.69) is 0 Å². The van der Waals surface area contributed by atoms with Crippen LogP contribution in [0.2, 0.25) is 0 Å². The SMILES string of the molecule is CC(C)OC(=O)COCC1CCCO1. The molecule has 1 aliphatic rings. The van der Waals surface area contributed by atoms with E-state index >= 15 is 0 Å². The molecule has 1 aliphatic heterocycles. The van der Waals surface area contributed by atoms with Crippen molar-refractivity contribution >= 4 is 5.97 Å². The van der Waals surface area contributed by atoms with Crippen LogP contribution in [0.4, 0.5) is 0 Å². The number of carbonyl (C=O) groups excluding carboxylic acids is 1. The van der Waals surface area contributed by atoms with Crippen LogP contribution in [0.3, 0.4) is 0 Å². The molecule has 0 aromatic heterocycles. The fraction of sp³-hybridized carbons (Fsp3) is 0.900. The molecule has 1 saturated heterocycles. The molecule has 14 heavy (non-hydrogen) atoms. The van der Waals surface area contributed by atoms with Crippen LogP contribution >= 0.6 is 0 Å². The molecule has 82 valence electrons. The Morgan fingerprint density at radius 3 is 2.93 bits per heavy atom. The molecule has 1 heterocycles. The molecule has 0 amide bonds. The zero-order valence-electron chi connectivity index (χ0n) is 8.82. The van der Waals surface area contributed by atoms with E-state index in [0.29, 0.717) is 6.61 Å². The summed E-state index contributed by atoms with van der Waals surface area (Å²) in [4.78, 5) is 11.0. The van der Waals surface area contributed by atoms with Crippen molar-refractivity contribution in [3.05, 3.63) is 0 Å². The van der Waals surface area contributed by atoms with Crippen molar-refractivity contribution in [1.29, 1.82) is 0 Å². The molecule has 0 saturated carbocycles. The lowest BCUT2D eigenvalue weighted by Crippen LogP contribution is -2.21. The summed E-state index contributed by atoms with van der Waals surface area (Å²) < 4.78 is 15.4. The molecule has 0 aromatic rings. The molecule has 0 spiro atoms. The quantitative estimate of drug-likeness (QED) is 0.627. The maximum Gasteiger partial charge on any atom is 0.332 e. The summed E-state index contributed by atoms with van der Waals surface area (Å²) in [7, 11) is 0. The van der Waals surface area contributed by atoms with Crippen molar-refractivity contribution in [3.63, 3.8) is 0 Å². The van der Waals surface area contributed by atoms with Crippen LogP contribution in [0.25, 0.3) is 0 Å². The molecule has 0 N–H and O–H groups in total. The van der Waals surface area contributed by atoms with Gasteiger partial charge in [-0.2, -0.15) is 0 Å². The molecule has 0 aromatic carbocycles. The first kappa shape index (κ1) is 11.5. The Labute approximate surface area is 84.5 Å². The van der Waals surface area contributed by atoms with E-state index < -0.39 is 0 Å². The smallest absolute Gasteiger partial charge is 0.332 e. The highest BCUT2D eigenvalue weighted by atomic mass is 16.6. The minimum Gasteiger partial charge on any atom is -0.461 e. The van der Waals surface area contributed by atoms with Crippen LogP contribution in [0.1, 0.15) is 26.7 Å². The summed E-state index contributed by atoms with van der Waals surface area (Å²) in [5, 5.41) is 0. The molecule has 4 nitrogen and oxygen atoms in total. The summed E-state index contributed by atoms with van der Waals surface area (Å²) in [6.07, 6.45) is 2.21. The Balaban J connectivity index is 1.99. The van der Waals surface area contributed by atoms with E-state index in [9.17, 15) is 4.79 Å². The highest BCUT2D eigenvalue weighted by molar-refractivity contribution is 5.70. The van der Waals surface area contributed by atoms with Crippen LogP contribution in [0.15, 0.2) is 0 Å². The van der Waals surface area contributed by atoms with Gasteiger partial charge in [0.15, 0.2) is 0 Å². The van der Waals surface area contributed by atoms with Crippen LogP contribution < -0.4 is 0 Å². The number of rotatable bonds is 5. The Morgan fingerprint density at radius 2 is 2.36 bits per heavy atom. The summed E-state index contributed by atoms with van der Waals surface area (Å²) in [6.45, 7) is 4.96. The molecule has 0 bridgehead atoms. The number of ether oxygens (including phenoxy) is 3. The van der Waals surface area contributed by atoms with Crippen molar-refractivity contribution in [2.45, 2.75) is 38.9 Å². The molecular formula is C10H18O4. The molecule has 1 fully saturated rings. The highest BCUT2D eigenvalue weighted by Gasteiger charge is 2.16. The maximum absolute atomic E-state index is 11.0. The van der Waals surface area contributed by atoms with E-state index in [-0.39, 0.29) is 24.8 Å². The van der Waals surface area contributed by atoms with Gasteiger partial charge in [0, 0.05) is 6.61 Å². The lowest BCUT2D eigenvalue weighted by atomic mass is 10.2. The average Bonchev–Trinajstić information content (AvgIpc) is 2.55. The van der Waals surface area contributed by atoms with E-state index in [4.69, 9.17) is 14.2 Å². The standard InChI is InChI=1S/C10H18O4/c1-8(2)14-10(11)7-12-6-9-4-3-5-13-9/h8-9H,3-7H2,1-2H3. The fourth-order valence-electron chi connectivity index (χ4n) is 1.35. The summed E-state index contributed by atoms with van der Waals surface area (Å²) in [5.41, 5.74) is 0. The predicted octanol–water partition coefficient (Wildman–Crippen LogP) is 1.13. The van der Waals surface area contributed by atoms with Crippen molar-refractivity contribution < 1.29 is 19.0 Å². The lowest BCUT2D eigenvalue weighted by molar-refractivity contribution is -0.153. The topological polar surface area (TPSA) is 44.8 Å². The summed E-state index contributed by atoms with van der Waals surface area (Å²) >= 11 is 0. The summed E-state index contributed by atoms with van der Waals surface area (Å²) in [5.74, 6) is -0.307. The van der Waals surface area contributed by atoms with Crippen LogP contribution in [-0.4, -0.2) is 38.0 Å². The Kier molecular flexibility index (Phi) is 4.90. The lowest BCUT2D eigenvalue weighted by Gasteiger charge is -2.11. The molecule has 1 rings (SSSR count). The molecule has 4 heteroatoms. The normalized spacial score (nSPS) is 21.5. The number of esters is 1. The van der Waals surface area contributed by atoms with Gasteiger partial charge in [-0.3, -0.25) is 0 Å². The van der Waals surface area contributed by atoms with Gasteiger partial charge in [-0.25, -0.2) is 4.79 Å². The number of hydrogen-bond donors (Lipinski definition) is 0. The fourth-order valence-corrected chi connectivity index (χ4v) is 1.35.